The topological polar surface area (TPSA) is 49.3 Å². The standard InChI is InChI=1S/C14H17F4NO2/c1-3-7-13(2,21)8-19-12(20)9-5-4-6-10(11(9)15)14(16,17)18/h4-6,21H,3,7-8H2,1-2H3,(H,19,20). The molecule has 21 heavy (non-hydrogen) atoms. The molecule has 0 bridgehead atoms. The van der Waals surface area contributed by atoms with Gasteiger partial charge in [-0.05, 0) is 25.5 Å². The Hall–Kier alpha value is -1.63. The van der Waals surface area contributed by atoms with Crippen molar-refractivity contribution < 1.29 is 27.5 Å². The molecule has 1 rings (SSSR count). The fourth-order valence-corrected chi connectivity index (χ4v) is 1.92. The first kappa shape index (κ1) is 17.4. The van der Waals surface area contributed by atoms with Gasteiger partial charge in [-0.15, -0.1) is 0 Å². The molecule has 118 valence electrons. The molecule has 0 spiro atoms. The van der Waals surface area contributed by atoms with Crippen molar-refractivity contribution in [2.45, 2.75) is 38.5 Å². The Kier molecular flexibility index (Phi) is 5.33. The van der Waals surface area contributed by atoms with Crippen LogP contribution < -0.4 is 5.32 Å². The molecule has 1 atom stereocenters. The monoisotopic (exact) mass is 307 g/mol. The van der Waals surface area contributed by atoms with E-state index in [-0.39, 0.29) is 6.54 Å². The van der Waals surface area contributed by atoms with Crippen LogP contribution in [0.2, 0.25) is 0 Å². The van der Waals surface area contributed by atoms with E-state index in [0.717, 1.165) is 12.1 Å². The van der Waals surface area contributed by atoms with E-state index in [9.17, 15) is 27.5 Å². The van der Waals surface area contributed by atoms with Gasteiger partial charge in [-0.1, -0.05) is 19.4 Å². The minimum Gasteiger partial charge on any atom is -0.388 e. The summed E-state index contributed by atoms with van der Waals surface area (Å²) in [5.74, 6) is -2.60. The predicted molar refractivity (Wildman–Crippen MR) is 69.3 cm³/mol. The van der Waals surface area contributed by atoms with E-state index in [2.05, 4.69) is 5.32 Å². The highest BCUT2D eigenvalue weighted by molar-refractivity contribution is 5.94. The van der Waals surface area contributed by atoms with Crippen molar-refractivity contribution in [3.05, 3.63) is 35.1 Å². The fraction of sp³-hybridized carbons (Fsp3) is 0.500. The minimum atomic E-state index is -4.87. The molecular formula is C14H17F4NO2. The van der Waals surface area contributed by atoms with E-state index in [1.807, 2.05) is 6.92 Å². The lowest BCUT2D eigenvalue weighted by Crippen LogP contribution is -2.40. The van der Waals surface area contributed by atoms with E-state index in [1.54, 1.807) is 0 Å². The van der Waals surface area contributed by atoms with Crippen LogP contribution >= 0.6 is 0 Å². The maximum absolute atomic E-state index is 13.7. The summed E-state index contributed by atoms with van der Waals surface area (Å²) in [7, 11) is 0. The van der Waals surface area contributed by atoms with Crippen LogP contribution in [0.5, 0.6) is 0 Å². The minimum absolute atomic E-state index is 0.171. The molecule has 1 amide bonds. The van der Waals surface area contributed by atoms with E-state index in [0.29, 0.717) is 18.9 Å². The van der Waals surface area contributed by atoms with Gasteiger partial charge in [-0.3, -0.25) is 4.79 Å². The molecule has 1 aromatic rings. The Labute approximate surface area is 120 Å². The number of carbonyl (C=O) groups excluding carboxylic acids is 1. The second kappa shape index (κ2) is 6.43. The maximum atomic E-state index is 13.7. The largest absolute Gasteiger partial charge is 0.419 e. The molecule has 0 fully saturated rings. The Morgan fingerprint density at radius 1 is 1.33 bits per heavy atom. The average Bonchev–Trinajstić information content (AvgIpc) is 2.35. The number of halogens is 4. The molecule has 0 radical (unpaired) electrons. The number of hydrogen-bond donors (Lipinski definition) is 2. The van der Waals surface area contributed by atoms with Crippen molar-refractivity contribution in [2.24, 2.45) is 0 Å². The van der Waals surface area contributed by atoms with E-state index >= 15 is 0 Å². The Morgan fingerprint density at radius 3 is 2.48 bits per heavy atom. The highest BCUT2D eigenvalue weighted by Crippen LogP contribution is 2.32. The number of hydrogen-bond acceptors (Lipinski definition) is 2. The fourth-order valence-electron chi connectivity index (χ4n) is 1.92. The summed E-state index contributed by atoms with van der Waals surface area (Å²) in [5, 5.41) is 12.1. The zero-order valence-corrected chi connectivity index (χ0v) is 11.7. The first-order valence-electron chi connectivity index (χ1n) is 6.45. The lowest BCUT2D eigenvalue weighted by molar-refractivity contribution is -0.140. The molecule has 0 aromatic heterocycles. The van der Waals surface area contributed by atoms with Crippen LogP contribution in [0.25, 0.3) is 0 Å². The molecule has 0 heterocycles. The summed E-state index contributed by atoms with van der Waals surface area (Å²) in [6.45, 7) is 3.15. The lowest BCUT2D eigenvalue weighted by Gasteiger charge is -2.23. The number of nitrogens with one attached hydrogen (secondary N) is 1. The van der Waals surface area contributed by atoms with Crippen LogP contribution in [0.3, 0.4) is 0 Å². The molecule has 0 aliphatic carbocycles. The first-order valence-corrected chi connectivity index (χ1v) is 6.45. The van der Waals surface area contributed by atoms with Gasteiger partial charge >= 0.3 is 6.18 Å². The molecule has 1 aromatic carbocycles. The molecule has 0 saturated carbocycles. The molecule has 0 saturated heterocycles. The molecular weight excluding hydrogens is 290 g/mol. The van der Waals surface area contributed by atoms with Crippen LogP contribution in [-0.4, -0.2) is 23.2 Å². The number of alkyl halides is 3. The average molecular weight is 307 g/mol. The van der Waals surface area contributed by atoms with Crippen LogP contribution in [-0.2, 0) is 6.18 Å². The van der Waals surface area contributed by atoms with Crippen molar-refractivity contribution >= 4 is 5.91 Å². The van der Waals surface area contributed by atoms with Crippen molar-refractivity contribution in [3.63, 3.8) is 0 Å². The van der Waals surface area contributed by atoms with Gasteiger partial charge in [0.25, 0.3) is 5.91 Å². The molecule has 0 aliphatic rings. The van der Waals surface area contributed by atoms with Crippen LogP contribution in [0.4, 0.5) is 17.6 Å². The van der Waals surface area contributed by atoms with Gasteiger partial charge in [0.1, 0.15) is 5.82 Å². The second-order valence-corrected chi connectivity index (χ2v) is 5.09. The smallest absolute Gasteiger partial charge is 0.388 e. The summed E-state index contributed by atoms with van der Waals surface area (Å²) in [4.78, 5) is 11.8. The summed E-state index contributed by atoms with van der Waals surface area (Å²) in [6, 6.07) is 2.50. The SMILES string of the molecule is CCCC(C)(O)CNC(=O)c1cccc(C(F)(F)F)c1F. The molecule has 0 aliphatic heterocycles. The van der Waals surface area contributed by atoms with Gasteiger partial charge < -0.3 is 10.4 Å². The zero-order valence-electron chi connectivity index (χ0n) is 11.7. The molecule has 2 N–H and O–H groups in total. The highest BCUT2D eigenvalue weighted by Gasteiger charge is 2.35. The Balaban J connectivity index is 2.90. The third kappa shape index (κ3) is 4.70. The maximum Gasteiger partial charge on any atom is 0.419 e. The van der Waals surface area contributed by atoms with Gasteiger partial charge in [0.05, 0.1) is 16.7 Å². The van der Waals surface area contributed by atoms with E-state index < -0.39 is 34.6 Å². The van der Waals surface area contributed by atoms with Gasteiger partial charge in [0, 0.05) is 6.54 Å². The number of amides is 1. The summed E-state index contributed by atoms with van der Waals surface area (Å²) in [6.07, 6.45) is -3.80. The zero-order chi connectivity index (χ0) is 16.3. The lowest BCUT2D eigenvalue weighted by atomic mass is 10.0. The van der Waals surface area contributed by atoms with Crippen molar-refractivity contribution in [3.8, 4) is 0 Å². The van der Waals surface area contributed by atoms with Crippen molar-refractivity contribution in [1.82, 2.24) is 5.32 Å². The second-order valence-electron chi connectivity index (χ2n) is 5.09. The quantitative estimate of drug-likeness (QED) is 0.821. The third-order valence-corrected chi connectivity index (χ3v) is 2.97. The van der Waals surface area contributed by atoms with Gasteiger partial charge in [0.2, 0.25) is 0 Å². The van der Waals surface area contributed by atoms with Crippen molar-refractivity contribution in [2.75, 3.05) is 6.54 Å². The summed E-state index contributed by atoms with van der Waals surface area (Å²) in [5.41, 5.74) is -3.38. The van der Waals surface area contributed by atoms with E-state index in [1.165, 1.54) is 6.92 Å². The van der Waals surface area contributed by atoms with Gasteiger partial charge in [-0.25, -0.2) is 4.39 Å². The van der Waals surface area contributed by atoms with Crippen LogP contribution in [0.1, 0.15) is 42.6 Å². The predicted octanol–water partition coefficient (Wildman–Crippen LogP) is 3.13. The molecule has 1 unspecified atom stereocenters. The van der Waals surface area contributed by atoms with Crippen LogP contribution in [0, 0.1) is 5.82 Å². The third-order valence-electron chi connectivity index (χ3n) is 2.97. The van der Waals surface area contributed by atoms with Gasteiger partial charge in [-0.2, -0.15) is 13.2 Å². The normalized spacial score (nSPS) is 14.6. The van der Waals surface area contributed by atoms with E-state index in [4.69, 9.17) is 0 Å². The number of carbonyl (C=O) groups is 1. The number of aliphatic hydroxyl groups is 1. The molecule has 7 heteroatoms. The number of rotatable bonds is 5. The van der Waals surface area contributed by atoms with Crippen LogP contribution in [0.15, 0.2) is 18.2 Å². The van der Waals surface area contributed by atoms with Crippen molar-refractivity contribution in [1.29, 1.82) is 0 Å². The first-order chi connectivity index (χ1) is 9.58. The number of benzene rings is 1. The Morgan fingerprint density at radius 2 is 1.95 bits per heavy atom. The van der Waals surface area contributed by atoms with Gasteiger partial charge in [0.15, 0.2) is 0 Å². The Bertz CT molecular complexity index is 512. The highest BCUT2D eigenvalue weighted by atomic mass is 19.4. The molecule has 3 nitrogen and oxygen atoms in total. The summed E-state index contributed by atoms with van der Waals surface area (Å²) < 4.78 is 51.4. The summed E-state index contributed by atoms with van der Waals surface area (Å²) >= 11 is 0.